The Bertz CT molecular complexity index is 112. The van der Waals surface area contributed by atoms with Crippen LogP contribution >= 0.6 is 12.4 Å². The number of ether oxygens (including phenoxy) is 1. The first-order chi connectivity index (χ1) is 4.83. The van der Waals surface area contributed by atoms with Crippen LogP contribution in [0.1, 0.15) is 27.7 Å². The molecule has 0 spiro atoms. The Morgan fingerprint density at radius 1 is 0.917 bits per heavy atom. The molecule has 0 aliphatic rings. The van der Waals surface area contributed by atoms with Gasteiger partial charge in [0.05, 0.1) is 11.2 Å². The molecule has 0 aliphatic heterocycles. The summed E-state index contributed by atoms with van der Waals surface area (Å²) in [6.07, 6.45) is 0. The average molecular weight is 197 g/mol. The van der Waals surface area contributed by atoms with Crippen LogP contribution in [0.3, 0.4) is 0 Å². The summed E-state index contributed by atoms with van der Waals surface area (Å²) in [4.78, 5) is 0. The van der Waals surface area contributed by atoms with Crippen molar-refractivity contribution in [1.82, 2.24) is 0 Å². The minimum Gasteiger partial charge on any atom is -0.367 e. The van der Waals surface area contributed by atoms with Gasteiger partial charge in [-0.25, -0.2) is 0 Å². The van der Waals surface area contributed by atoms with E-state index >= 15 is 0 Å². The van der Waals surface area contributed by atoms with Crippen LogP contribution in [-0.2, 0) is 4.74 Å². The maximum absolute atomic E-state index is 5.67. The van der Waals surface area contributed by atoms with Crippen LogP contribution in [0.2, 0.25) is 0 Å². The lowest BCUT2D eigenvalue weighted by Gasteiger charge is -2.34. The first-order valence-corrected chi connectivity index (χ1v) is 3.93. The van der Waals surface area contributed by atoms with E-state index in [1.54, 1.807) is 0 Å². The zero-order valence-electron chi connectivity index (χ0n) is 8.39. The standard InChI is InChI=1S/C8H20N2O.ClH/c1-7(2,5-9)11-8(3,4)6-10;/h5-6,9-10H2,1-4H3;1H. The third-order valence-corrected chi connectivity index (χ3v) is 1.54. The van der Waals surface area contributed by atoms with Gasteiger partial charge in [0.15, 0.2) is 0 Å². The lowest BCUT2D eigenvalue weighted by molar-refractivity contribution is -0.111. The molecule has 0 atom stereocenters. The smallest absolute Gasteiger partial charge is 0.0756 e. The van der Waals surface area contributed by atoms with E-state index in [-0.39, 0.29) is 23.6 Å². The van der Waals surface area contributed by atoms with E-state index < -0.39 is 0 Å². The van der Waals surface area contributed by atoms with Crippen molar-refractivity contribution >= 4 is 12.4 Å². The predicted octanol–water partition coefficient (Wildman–Crippen LogP) is 0.899. The second-order valence-electron chi connectivity index (χ2n) is 4.03. The number of nitrogens with two attached hydrogens (primary N) is 2. The quantitative estimate of drug-likeness (QED) is 0.703. The Hall–Kier alpha value is 0.170. The van der Waals surface area contributed by atoms with E-state index in [1.165, 1.54) is 0 Å². The van der Waals surface area contributed by atoms with Crippen molar-refractivity contribution in [2.45, 2.75) is 38.9 Å². The van der Waals surface area contributed by atoms with Crippen molar-refractivity contribution in [3.63, 3.8) is 0 Å². The van der Waals surface area contributed by atoms with Gasteiger partial charge in [0.1, 0.15) is 0 Å². The minimum atomic E-state index is -0.275. The van der Waals surface area contributed by atoms with Gasteiger partial charge in [-0.1, -0.05) is 0 Å². The Morgan fingerprint density at radius 2 is 1.17 bits per heavy atom. The molecule has 0 aliphatic carbocycles. The predicted molar refractivity (Wildman–Crippen MR) is 54.6 cm³/mol. The van der Waals surface area contributed by atoms with Crippen molar-refractivity contribution in [2.24, 2.45) is 11.5 Å². The molecule has 0 fully saturated rings. The van der Waals surface area contributed by atoms with Crippen molar-refractivity contribution in [3.05, 3.63) is 0 Å². The van der Waals surface area contributed by atoms with Gasteiger partial charge in [0.25, 0.3) is 0 Å². The molecule has 0 amide bonds. The van der Waals surface area contributed by atoms with Gasteiger partial charge in [-0.15, -0.1) is 12.4 Å². The molecular weight excluding hydrogens is 176 g/mol. The highest BCUT2D eigenvalue weighted by atomic mass is 35.5. The van der Waals surface area contributed by atoms with Crippen molar-refractivity contribution in [2.75, 3.05) is 13.1 Å². The van der Waals surface area contributed by atoms with Crippen molar-refractivity contribution in [3.8, 4) is 0 Å². The summed E-state index contributed by atoms with van der Waals surface area (Å²) in [5, 5.41) is 0. The molecule has 0 unspecified atom stereocenters. The second kappa shape index (κ2) is 5.02. The van der Waals surface area contributed by atoms with E-state index in [1.807, 2.05) is 27.7 Å². The molecule has 0 aromatic carbocycles. The van der Waals surface area contributed by atoms with Crippen LogP contribution in [0.5, 0.6) is 0 Å². The number of hydrogen-bond donors (Lipinski definition) is 2. The van der Waals surface area contributed by atoms with Crippen LogP contribution in [0, 0.1) is 0 Å². The fourth-order valence-electron chi connectivity index (χ4n) is 0.831. The zero-order valence-corrected chi connectivity index (χ0v) is 9.20. The third kappa shape index (κ3) is 5.77. The molecule has 0 radical (unpaired) electrons. The number of halogens is 1. The first-order valence-electron chi connectivity index (χ1n) is 3.93. The van der Waals surface area contributed by atoms with E-state index in [4.69, 9.17) is 16.2 Å². The molecular formula is C8H21ClN2O. The Kier molecular flexibility index (Phi) is 6.14. The largest absolute Gasteiger partial charge is 0.367 e. The van der Waals surface area contributed by atoms with E-state index in [0.717, 1.165) is 0 Å². The van der Waals surface area contributed by atoms with Crippen LogP contribution in [0.15, 0.2) is 0 Å². The highest BCUT2D eigenvalue weighted by molar-refractivity contribution is 5.85. The minimum absolute atomic E-state index is 0. The fourth-order valence-corrected chi connectivity index (χ4v) is 0.831. The van der Waals surface area contributed by atoms with Crippen molar-refractivity contribution in [1.29, 1.82) is 0 Å². The van der Waals surface area contributed by atoms with Crippen LogP contribution in [0.4, 0.5) is 0 Å². The van der Waals surface area contributed by atoms with Gasteiger partial charge in [-0.2, -0.15) is 0 Å². The highest BCUT2D eigenvalue weighted by Crippen LogP contribution is 2.17. The average Bonchev–Trinajstić information content (AvgIpc) is 1.86. The fraction of sp³-hybridized carbons (Fsp3) is 1.00. The van der Waals surface area contributed by atoms with Gasteiger partial charge in [0, 0.05) is 13.1 Å². The molecule has 4 heteroatoms. The molecule has 4 N–H and O–H groups in total. The number of rotatable bonds is 4. The number of hydrogen-bond acceptors (Lipinski definition) is 3. The van der Waals surface area contributed by atoms with E-state index in [9.17, 15) is 0 Å². The maximum Gasteiger partial charge on any atom is 0.0756 e. The second-order valence-corrected chi connectivity index (χ2v) is 4.03. The first kappa shape index (κ1) is 14.7. The molecule has 3 nitrogen and oxygen atoms in total. The van der Waals surface area contributed by atoms with Gasteiger partial charge in [-0.3, -0.25) is 0 Å². The summed E-state index contributed by atoms with van der Waals surface area (Å²) in [7, 11) is 0. The summed E-state index contributed by atoms with van der Waals surface area (Å²) in [6.45, 7) is 8.87. The normalized spacial score (nSPS) is 12.5. The Morgan fingerprint density at radius 3 is 1.33 bits per heavy atom. The summed E-state index contributed by atoms with van der Waals surface area (Å²) in [5.74, 6) is 0. The van der Waals surface area contributed by atoms with Crippen molar-refractivity contribution < 1.29 is 4.74 Å². The molecule has 0 aromatic rings. The molecule has 0 saturated carbocycles. The Labute approximate surface area is 81.2 Å². The lowest BCUT2D eigenvalue weighted by Crippen LogP contribution is -2.45. The summed E-state index contributed by atoms with van der Waals surface area (Å²) < 4.78 is 5.67. The topological polar surface area (TPSA) is 61.3 Å². The molecule has 0 rings (SSSR count). The summed E-state index contributed by atoms with van der Waals surface area (Å²) >= 11 is 0. The monoisotopic (exact) mass is 196 g/mol. The summed E-state index contributed by atoms with van der Waals surface area (Å²) in [6, 6.07) is 0. The molecule has 0 aromatic heterocycles. The lowest BCUT2D eigenvalue weighted by atomic mass is 10.1. The van der Waals surface area contributed by atoms with Crippen LogP contribution < -0.4 is 11.5 Å². The van der Waals surface area contributed by atoms with Gasteiger partial charge in [-0.05, 0) is 27.7 Å². The molecule has 12 heavy (non-hydrogen) atoms. The molecule has 0 saturated heterocycles. The maximum atomic E-state index is 5.67. The van der Waals surface area contributed by atoms with Crippen LogP contribution in [0.25, 0.3) is 0 Å². The van der Waals surface area contributed by atoms with Crippen LogP contribution in [-0.4, -0.2) is 24.3 Å². The molecule has 0 heterocycles. The SMILES string of the molecule is CC(C)(CN)OC(C)(C)CN.Cl. The third-order valence-electron chi connectivity index (χ3n) is 1.54. The van der Waals surface area contributed by atoms with E-state index in [2.05, 4.69) is 0 Å². The summed E-state index contributed by atoms with van der Waals surface area (Å²) in [5.41, 5.74) is 10.5. The highest BCUT2D eigenvalue weighted by Gasteiger charge is 2.26. The molecule has 76 valence electrons. The molecule has 0 bridgehead atoms. The Balaban J connectivity index is 0. The van der Waals surface area contributed by atoms with Gasteiger partial charge in [0.2, 0.25) is 0 Å². The van der Waals surface area contributed by atoms with E-state index in [0.29, 0.717) is 13.1 Å². The zero-order chi connectivity index (χ0) is 9.12. The van der Waals surface area contributed by atoms with Gasteiger partial charge >= 0.3 is 0 Å². The van der Waals surface area contributed by atoms with Gasteiger partial charge < -0.3 is 16.2 Å².